The molecule has 0 bridgehead atoms. The molecule has 3 aromatic rings. The van der Waals surface area contributed by atoms with Crippen molar-refractivity contribution >= 4 is 5.91 Å². The molecule has 1 atom stereocenters. The fourth-order valence-corrected chi connectivity index (χ4v) is 2.47. The molecule has 1 amide bonds. The van der Waals surface area contributed by atoms with Crippen molar-refractivity contribution in [3.8, 4) is 5.69 Å². The van der Waals surface area contributed by atoms with Crippen LogP contribution in [0.2, 0.25) is 0 Å². The summed E-state index contributed by atoms with van der Waals surface area (Å²) in [5.41, 5.74) is 0.661. The number of aromatic amines is 1. The van der Waals surface area contributed by atoms with Crippen LogP contribution in [-0.4, -0.2) is 31.3 Å². The predicted octanol–water partition coefficient (Wildman–Crippen LogP) is 1.57. The highest BCUT2D eigenvalue weighted by Gasteiger charge is 2.16. The van der Waals surface area contributed by atoms with E-state index in [-0.39, 0.29) is 23.2 Å². The third-order valence-electron chi connectivity index (χ3n) is 3.80. The fraction of sp³-hybridized carbons (Fsp3) is 0.235. The second-order valence-corrected chi connectivity index (χ2v) is 5.52. The Balaban J connectivity index is 1.74. The molecule has 7 heteroatoms. The van der Waals surface area contributed by atoms with Crippen LogP contribution < -0.4 is 10.9 Å². The molecular weight excluding hydrogens is 306 g/mol. The second-order valence-electron chi connectivity index (χ2n) is 5.52. The second kappa shape index (κ2) is 6.99. The monoisotopic (exact) mass is 325 g/mol. The van der Waals surface area contributed by atoms with Crippen LogP contribution >= 0.6 is 0 Å². The van der Waals surface area contributed by atoms with Gasteiger partial charge >= 0.3 is 0 Å². The molecule has 0 fully saturated rings. The summed E-state index contributed by atoms with van der Waals surface area (Å²) in [4.78, 5) is 28.5. The quantitative estimate of drug-likeness (QED) is 0.721. The average molecular weight is 325 g/mol. The first-order valence-corrected chi connectivity index (χ1v) is 7.81. The Morgan fingerprint density at radius 1 is 1.33 bits per heavy atom. The maximum atomic E-state index is 12.4. The lowest BCUT2D eigenvalue weighted by molar-refractivity contribution is 0.0926. The first-order chi connectivity index (χ1) is 11.7. The van der Waals surface area contributed by atoms with Gasteiger partial charge < -0.3 is 9.88 Å². The molecule has 2 N–H and O–H groups in total. The van der Waals surface area contributed by atoms with Crippen LogP contribution in [-0.2, 0) is 6.54 Å². The number of imidazole rings is 1. The zero-order valence-electron chi connectivity index (χ0n) is 13.3. The minimum atomic E-state index is -0.297. The number of nitrogens with one attached hydrogen (secondary N) is 2. The average Bonchev–Trinajstić information content (AvgIpc) is 3.24. The van der Waals surface area contributed by atoms with Gasteiger partial charge in [0.1, 0.15) is 5.69 Å². The van der Waals surface area contributed by atoms with Gasteiger partial charge in [-0.1, -0.05) is 25.1 Å². The summed E-state index contributed by atoms with van der Waals surface area (Å²) in [5, 5.41) is 5.80. The van der Waals surface area contributed by atoms with Crippen molar-refractivity contribution in [1.82, 2.24) is 24.6 Å². The first-order valence-electron chi connectivity index (χ1n) is 7.81. The standard InChI is InChI=1S/C17H19N5O2/c1-2-13(11-21-9-8-18-12-21)19-17(24)15-10-16(23)22(20-15)14-6-4-3-5-7-14/h3-10,12-13,20H,2,11H2,1H3,(H,19,24)/t13-/m1/s1. The molecule has 1 aromatic carbocycles. The Labute approximate surface area is 138 Å². The van der Waals surface area contributed by atoms with Crippen molar-refractivity contribution in [3.63, 3.8) is 0 Å². The number of hydrogen-bond acceptors (Lipinski definition) is 3. The van der Waals surface area contributed by atoms with Gasteiger partial charge in [-0.2, -0.15) is 0 Å². The highest BCUT2D eigenvalue weighted by atomic mass is 16.2. The van der Waals surface area contributed by atoms with E-state index in [2.05, 4.69) is 15.4 Å². The lowest BCUT2D eigenvalue weighted by Gasteiger charge is -2.16. The van der Waals surface area contributed by atoms with E-state index in [1.807, 2.05) is 35.9 Å². The smallest absolute Gasteiger partial charge is 0.271 e. The minimum absolute atomic E-state index is 0.0460. The summed E-state index contributed by atoms with van der Waals surface area (Å²) in [7, 11) is 0. The van der Waals surface area contributed by atoms with Gasteiger partial charge in [-0.25, -0.2) is 9.67 Å². The summed E-state index contributed by atoms with van der Waals surface area (Å²) in [6.07, 6.45) is 6.03. The minimum Gasteiger partial charge on any atom is -0.346 e. The molecule has 7 nitrogen and oxygen atoms in total. The normalized spacial score (nSPS) is 12.0. The van der Waals surface area contributed by atoms with Crippen LogP contribution in [0, 0.1) is 0 Å². The van der Waals surface area contributed by atoms with E-state index in [9.17, 15) is 9.59 Å². The van der Waals surface area contributed by atoms with E-state index in [0.717, 1.165) is 6.42 Å². The van der Waals surface area contributed by atoms with Crippen molar-refractivity contribution in [2.75, 3.05) is 0 Å². The Bertz CT molecular complexity index is 849. The van der Waals surface area contributed by atoms with Crippen molar-refractivity contribution in [2.24, 2.45) is 0 Å². The molecule has 2 heterocycles. The van der Waals surface area contributed by atoms with Gasteiger partial charge in [0.15, 0.2) is 0 Å². The molecule has 0 spiro atoms. The number of hydrogen-bond donors (Lipinski definition) is 2. The lowest BCUT2D eigenvalue weighted by Crippen LogP contribution is -2.37. The Morgan fingerprint density at radius 2 is 2.12 bits per heavy atom. The zero-order chi connectivity index (χ0) is 16.9. The fourth-order valence-electron chi connectivity index (χ4n) is 2.47. The number of benzene rings is 1. The van der Waals surface area contributed by atoms with Crippen molar-refractivity contribution < 1.29 is 4.79 Å². The topological polar surface area (TPSA) is 84.7 Å². The van der Waals surface area contributed by atoms with Gasteiger partial charge in [0.05, 0.1) is 12.0 Å². The number of aromatic nitrogens is 4. The highest BCUT2D eigenvalue weighted by Crippen LogP contribution is 2.04. The molecule has 24 heavy (non-hydrogen) atoms. The number of nitrogens with zero attached hydrogens (tertiary/aromatic N) is 3. The van der Waals surface area contributed by atoms with Gasteiger partial charge in [0, 0.05) is 31.0 Å². The molecule has 124 valence electrons. The maximum Gasteiger partial charge on any atom is 0.271 e. The van der Waals surface area contributed by atoms with Crippen LogP contribution in [0.1, 0.15) is 23.8 Å². The van der Waals surface area contributed by atoms with Gasteiger partial charge in [-0.05, 0) is 18.6 Å². The molecular formula is C17H19N5O2. The summed E-state index contributed by atoms with van der Waals surface area (Å²) >= 11 is 0. The number of amides is 1. The number of rotatable bonds is 6. The van der Waals surface area contributed by atoms with Gasteiger partial charge in [0.2, 0.25) is 0 Å². The maximum absolute atomic E-state index is 12.4. The lowest BCUT2D eigenvalue weighted by atomic mass is 10.2. The number of para-hydroxylation sites is 1. The van der Waals surface area contributed by atoms with Crippen molar-refractivity contribution in [2.45, 2.75) is 25.9 Å². The van der Waals surface area contributed by atoms with Crippen LogP contribution in [0.3, 0.4) is 0 Å². The molecule has 0 saturated heterocycles. The SMILES string of the molecule is CC[C@H](Cn1ccnc1)NC(=O)c1cc(=O)n(-c2ccccc2)[nH]1. The third kappa shape index (κ3) is 3.45. The summed E-state index contributed by atoms with van der Waals surface area (Å²) in [6, 6.07) is 10.4. The van der Waals surface area contributed by atoms with Gasteiger partial charge in [-0.15, -0.1) is 0 Å². The van der Waals surface area contributed by atoms with E-state index in [1.165, 1.54) is 10.7 Å². The first kappa shape index (κ1) is 15.8. The zero-order valence-corrected chi connectivity index (χ0v) is 13.3. The van der Waals surface area contributed by atoms with E-state index >= 15 is 0 Å². The Hall–Kier alpha value is -3.09. The molecule has 0 aliphatic carbocycles. The molecule has 2 aromatic heterocycles. The summed E-state index contributed by atoms with van der Waals surface area (Å²) in [5.74, 6) is -0.297. The van der Waals surface area contributed by atoms with E-state index in [4.69, 9.17) is 0 Å². The molecule has 3 rings (SSSR count). The van der Waals surface area contributed by atoms with Gasteiger partial charge in [0.25, 0.3) is 11.5 Å². The van der Waals surface area contributed by atoms with Crippen molar-refractivity contribution in [3.05, 3.63) is 71.2 Å². The summed E-state index contributed by atoms with van der Waals surface area (Å²) < 4.78 is 3.26. The molecule has 0 unspecified atom stereocenters. The van der Waals surface area contributed by atoms with Crippen molar-refractivity contribution in [1.29, 1.82) is 0 Å². The van der Waals surface area contributed by atoms with Crippen LogP contribution in [0.25, 0.3) is 5.69 Å². The highest BCUT2D eigenvalue weighted by molar-refractivity contribution is 5.92. The largest absolute Gasteiger partial charge is 0.346 e. The van der Waals surface area contributed by atoms with E-state index in [1.54, 1.807) is 24.7 Å². The van der Waals surface area contributed by atoms with Crippen LogP contribution in [0.15, 0.2) is 59.9 Å². The molecule has 0 radical (unpaired) electrons. The molecule has 0 aliphatic heterocycles. The Morgan fingerprint density at radius 3 is 2.79 bits per heavy atom. The van der Waals surface area contributed by atoms with Gasteiger partial charge in [-0.3, -0.25) is 14.7 Å². The number of H-pyrrole nitrogens is 1. The van der Waals surface area contributed by atoms with E-state index in [0.29, 0.717) is 12.2 Å². The number of carbonyl (C=O) groups excluding carboxylic acids is 1. The Kier molecular flexibility index (Phi) is 4.60. The van der Waals surface area contributed by atoms with Crippen LogP contribution in [0.4, 0.5) is 0 Å². The third-order valence-corrected chi connectivity index (χ3v) is 3.80. The van der Waals surface area contributed by atoms with E-state index < -0.39 is 0 Å². The number of carbonyl (C=O) groups is 1. The summed E-state index contributed by atoms with van der Waals surface area (Å²) in [6.45, 7) is 2.63. The molecule has 0 saturated carbocycles. The predicted molar refractivity (Wildman–Crippen MR) is 90.2 cm³/mol. The molecule has 0 aliphatic rings. The van der Waals surface area contributed by atoms with Crippen LogP contribution in [0.5, 0.6) is 0 Å².